The monoisotopic (exact) mass is 491 g/mol. The molecule has 0 bridgehead atoms. The fraction of sp³-hybridized carbons (Fsp3) is 0.200. The van der Waals surface area contributed by atoms with Gasteiger partial charge < -0.3 is 10.1 Å². The lowest BCUT2D eigenvalue weighted by Gasteiger charge is -2.16. The summed E-state index contributed by atoms with van der Waals surface area (Å²) in [4.78, 5) is 22.0. The number of carbonyl (C=O) groups excluding carboxylic acids is 1. The molecule has 0 aliphatic carbocycles. The number of anilines is 1. The Hall–Kier alpha value is -3.36. The molecular formula is C25H22ClN5O2S. The molecule has 1 amide bonds. The van der Waals surface area contributed by atoms with Crippen molar-refractivity contribution in [3.8, 4) is 23.0 Å². The average Bonchev–Trinajstić information content (AvgIpc) is 3.09. The number of aryl methyl sites for hydroxylation is 2. The first-order chi connectivity index (χ1) is 16.4. The maximum atomic E-state index is 12.8. The van der Waals surface area contributed by atoms with Crippen molar-refractivity contribution in [2.45, 2.75) is 19.1 Å². The Morgan fingerprint density at radius 3 is 2.38 bits per heavy atom. The smallest absolute Gasteiger partial charge is 0.252 e. The number of fused-ring (bicyclic) bond motifs is 1. The minimum absolute atomic E-state index is 0.101. The van der Waals surface area contributed by atoms with Gasteiger partial charge in [0.05, 0.1) is 23.8 Å². The molecule has 34 heavy (non-hydrogen) atoms. The molecule has 1 N–H and O–H groups in total. The Kier molecular flexibility index (Phi) is 6.02. The molecule has 0 spiro atoms. The topological polar surface area (TPSA) is 81.9 Å². The van der Waals surface area contributed by atoms with Crippen LogP contribution in [0.1, 0.15) is 27.8 Å². The first kappa shape index (κ1) is 22.4. The molecule has 0 fully saturated rings. The van der Waals surface area contributed by atoms with Gasteiger partial charge in [-0.15, -0.1) is 11.8 Å². The standard InChI is InChI=1S/C25H22ClN5O2S/c1-14-12-15(2)28-25(27-14)31-24-21(22(30-31)16-4-8-18(26)9-5-16)23(34-13-20(32)29-24)17-6-10-19(33-3)11-7-17/h4-12,23H,13H2,1-3H3,(H,29,32). The van der Waals surface area contributed by atoms with Gasteiger partial charge in [0.25, 0.3) is 5.95 Å². The Labute approximate surface area is 206 Å². The molecule has 0 saturated heterocycles. The summed E-state index contributed by atoms with van der Waals surface area (Å²) >= 11 is 7.71. The molecule has 0 saturated carbocycles. The van der Waals surface area contributed by atoms with Crippen LogP contribution in [-0.4, -0.2) is 38.5 Å². The molecule has 7 nitrogen and oxygen atoms in total. The molecule has 1 aliphatic rings. The minimum atomic E-state index is -0.148. The number of amides is 1. The van der Waals surface area contributed by atoms with Gasteiger partial charge in [-0.25, -0.2) is 9.97 Å². The first-order valence-corrected chi connectivity index (χ1v) is 12.1. The summed E-state index contributed by atoms with van der Waals surface area (Å²) in [5.74, 6) is 1.96. The Morgan fingerprint density at radius 1 is 1.06 bits per heavy atom. The zero-order valence-electron chi connectivity index (χ0n) is 18.9. The van der Waals surface area contributed by atoms with Gasteiger partial charge in [-0.05, 0) is 49.7 Å². The summed E-state index contributed by atoms with van der Waals surface area (Å²) in [7, 11) is 1.64. The number of nitrogens with zero attached hydrogens (tertiary/aromatic N) is 4. The van der Waals surface area contributed by atoms with E-state index in [0.717, 1.165) is 39.5 Å². The fourth-order valence-electron chi connectivity index (χ4n) is 4.02. The van der Waals surface area contributed by atoms with E-state index in [0.29, 0.717) is 22.5 Å². The minimum Gasteiger partial charge on any atom is -0.497 e. The Balaban J connectivity index is 1.77. The number of hydrogen-bond acceptors (Lipinski definition) is 6. The number of nitrogens with one attached hydrogen (secondary N) is 1. The number of carbonyl (C=O) groups is 1. The van der Waals surface area contributed by atoms with Crippen LogP contribution in [0.5, 0.6) is 5.75 Å². The fourth-order valence-corrected chi connectivity index (χ4v) is 5.27. The van der Waals surface area contributed by atoms with E-state index >= 15 is 0 Å². The maximum Gasteiger partial charge on any atom is 0.252 e. The van der Waals surface area contributed by atoms with E-state index in [2.05, 4.69) is 15.3 Å². The lowest BCUT2D eigenvalue weighted by molar-refractivity contribution is -0.113. The van der Waals surface area contributed by atoms with Crippen LogP contribution in [0.4, 0.5) is 5.82 Å². The zero-order valence-corrected chi connectivity index (χ0v) is 20.4. The summed E-state index contributed by atoms with van der Waals surface area (Å²) in [6.07, 6.45) is 0. The summed E-state index contributed by atoms with van der Waals surface area (Å²) in [6, 6.07) is 17.3. The number of rotatable bonds is 4. The third-order valence-corrected chi connectivity index (χ3v) is 7.04. The quantitative estimate of drug-likeness (QED) is 0.412. The highest BCUT2D eigenvalue weighted by molar-refractivity contribution is 8.00. The number of halogens is 1. The lowest BCUT2D eigenvalue weighted by Crippen LogP contribution is -2.17. The van der Waals surface area contributed by atoms with Gasteiger partial charge in [-0.3, -0.25) is 4.79 Å². The third kappa shape index (κ3) is 4.26. The predicted octanol–water partition coefficient (Wildman–Crippen LogP) is 5.38. The molecule has 1 atom stereocenters. The zero-order chi connectivity index (χ0) is 23.8. The van der Waals surface area contributed by atoms with E-state index in [1.165, 1.54) is 0 Å². The van der Waals surface area contributed by atoms with E-state index in [1.54, 1.807) is 23.6 Å². The Morgan fingerprint density at radius 2 is 1.74 bits per heavy atom. The van der Waals surface area contributed by atoms with Crippen LogP contribution in [0.25, 0.3) is 17.2 Å². The molecule has 172 valence electrons. The summed E-state index contributed by atoms with van der Waals surface area (Å²) < 4.78 is 6.98. The van der Waals surface area contributed by atoms with Gasteiger partial charge in [0, 0.05) is 27.5 Å². The SMILES string of the molecule is COc1ccc(C2SCC(=O)Nc3c2c(-c2ccc(Cl)cc2)nn3-c2nc(C)cc(C)n2)cc1. The van der Waals surface area contributed by atoms with Crippen LogP contribution in [0, 0.1) is 13.8 Å². The highest BCUT2D eigenvalue weighted by Gasteiger charge is 2.33. The normalized spacial score (nSPS) is 15.4. The number of hydrogen-bond donors (Lipinski definition) is 1. The van der Waals surface area contributed by atoms with Crippen molar-refractivity contribution in [2.75, 3.05) is 18.2 Å². The second kappa shape index (κ2) is 9.12. The van der Waals surface area contributed by atoms with Crippen molar-refractivity contribution in [3.63, 3.8) is 0 Å². The molecule has 3 heterocycles. The first-order valence-electron chi connectivity index (χ1n) is 10.7. The van der Waals surface area contributed by atoms with Gasteiger partial charge in [0.1, 0.15) is 11.6 Å². The van der Waals surface area contributed by atoms with E-state index in [9.17, 15) is 4.79 Å². The second-order valence-corrected chi connectivity index (χ2v) is 9.52. The van der Waals surface area contributed by atoms with Crippen molar-refractivity contribution in [2.24, 2.45) is 0 Å². The molecule has 0 radical (unpaired) electrons. The van der Waals surface area contributed by atoms with Gasteiger partial charge >= 0.3 is 0 Å². The predicted molar refractivity (Wildman–Crippen MR) is 135 cm³/mol. The second-order valence-electron chi connectivity index (χ2n) is 7.99. The van der Waals surface area contributed by atoms with Crippen LogP contribution in [-0.2, 0) is 4.79 Å². The molecule has 2 aromatic heterocycles. The average molecular weight is 492 g/mol. The maximum absolute atomic E-state index is 12.8. The van der Waals surface area contributed by atoms with E-state index in [4.69, 9.17) is 21.4 Å². The molecule has 1 unspecified atom stereocenters. The van der Waals surface area contributed by atoms with Crippen LogP contribution in [0.15, 0.2) is 54.6 Å². The van der Waals surface area contributed by atoms with Crippen molar-refractivity contribution < 1.29 is 9.53 Å². The van der Waals surface area contributed by atoms with Crippen molar-refractivity contribution >= 4 is 35.1 Å². The highest BCUT2D eigenvalue weighted by Crippen LogP contribution is 2.47. The van der Waals surface area contributed by atoms with Gasteiger partial charge in [-0.2, -0.15) is 9.78 Å². The molecule has 4 aromatic rings. The molecule has 9 heteroatoms. The van der Waals surface area contributed by atoms with Crippen LogP contribution >= 0.6 is 23.4 Å². The van der Waals surface area contributed by atoms with Crippen molar-refractivity contribution in [1.82, 2.24) is 19.7 Å². The number of thioether (sulfide) groups is 1. The van der Waals surface area contributed by atoms with Crippen LogP contribution in [0.3, 0.4) is 0 Å². The van der Waals surface area contributed by atoms with Gasteiger partial charge in [0.2, 0.25) is 5.91 Å². The molecular weight excluding hydrogens is 470 g/mol. The highest BCUT2D eigenvalue weighted by atomic mass is 35.5. The summed E-state index contributed by atoms with van der Waals surface area (Å²) in [6.45, 7) is 3.82. The Bertz CT molecular complexity index is 1350. The lowest BCUT2D eigenvalue weighted by atomic mass is 10.00. The molecule has 1 aliphatic heterocycles. The van der Waals surface area contributed by atoms with Crippen LogP contribution < -0.4 is 10.1 Å². The van der Waals surface area contributed by atoms with Crippen molar-refractivity contribution in [1.29, 1.82) is 0 Å². The third-order valence-electron chi connectivity index (χ3n) is 5.52. The summed E-state index contributed by atoms with van der Waals surface area (Å²) in [5.41, 5.74) is 5.20. The number of methoxy groups -OCH3 is 1. The summed E-state index contributed by atoms with van der Waals surface area (Å²) in [5, 5.41) is 8.48. The van der Waals surface area contributed by atoms with Crippen molar-refractivity contribution in [3.05, 3.63) is 82.1 Å². The largest absolute Gasteiger partial charge is 0.497 e. The molecule has 5 rings (SSSR count). The number of aromatic nitrogens is 4. The van der Waals surface area contributed by atoms with E-state index in [-0.39, 0.29) is 11.2 Å². The van der Waals surface area contributed by atoms with Gasteiger partial charge in [0.15, 0.2) is 0 Å². The van der Waals surface area contributed by atoms with Gasteiger partial charge in [-0.1, -0.05) is 35.9 Å². The van der Waals surface area contributed by atoms with E-state index in [1.807, 2.05) is 68.4 Å². The van der Waals surface area contributed by atoms with Crippen LogP contribution in [0.2, 0.25) is 5.02 Å². The number of benzene rings is 2. The molecule has 2 aromatic carbocycles. The number of ether oxygens (including phenoxy) is 1. The van der Waals surface area contributed by atoms with E-state index < -0.39 is 0 Å².